The standard InChI is InChI=1S/C33H29N9O11S4.Na/c1-14-6-24(42-33(35-14)37-23(39-42)13-57(51,52)17-3-5-20(44)22(46)8-17)54-10-16-11-55-30-26(29(48)41(30)27(16)31(49)50)38-28(47)25(18-12-56-32(34)36-18)40-53-9-15-2-4-19(43)21(45)7-15;/h2-8,12,26,30,43-46H,9-11,13H2,1H3,(H2,34,36)(H,38,47)(H,49,50);/t26-,30-;/m1./s1. The van der Waals surface area contributed by atoms with Crippen molar-refractivity contribution in [2.45, 2.75) is 40.6 Å². The predicted octanol–water partition coefficient (Wildman–Crippen LogP) is 1.34. The minimum atomic E-state index is -4.05. The van der Waals surface area contributed by atoms with E-state index in [4.69, 9.17) is 10.6 Å². The van der Waals surface area contributed by atoms with Crippen molar-refractivity contribution >= 4 is 109 Å². The van der Waals surface area contributed by atoms with Gasteiger partial charge in [0.05, 0.1) is 4.90 Å². The van der Waals surface area contributed by atoms with E-state index in [1.807, 2.05) is 0 Å². The van der Waals surface area contributed by atoms with Gasteiger partial charge in [-0.1, -0.05) is 11.2 Å². The third-order valence-corrected chi connectivity index (χ3v) is 13.1. The number of carbonyl (C=O) groups excluding carboxylic acids is 2. The number of nitrogens with zero attached hydrogens (tertiary/aromatic N) is 7. The summed E-state index contributed by atoms with van der Waals surface area (Å²) in [7, 11) is -4.05. The number of β-lactam (4-membered cyclic amide) rings is 1. The molecule has 20 nitrogen and oxygen atoms in total. The Kier molecular flexibility index (Phi) is 12.5. The van der Waals surface area contributed by atoms with Crippen molar-refractivity contribution in [3.05, 3.63) is 81.9 Å². The molecule has 0 saturated carbocycles. The van der Waals surface area contributed by atoms with E-state index in [0.29, 0.717) is 21.9 Å². The summed E-state index contributed by atoms with van der Waals surface area (Å²) in [6, 6.07) is 7.62. The van der Waals surface area contributed by atoms with Crippen LogP contribution in [0.15, 0.2) is 74.2 Å². The number of nitrogens with one attached hydrogen (secondary N) is 1. The first kappa shape index (κ1) is 42.5. The summed E-state index contributed by atoms with van der Waals surface area (Å²) < 4.78 is 27.4. The first-order valence-electron chi connectivity index (χ1n) is 16.3. The Morgan fingerprint density at radius 1 is 1.05 bits per heavy atom. The molecule has 3 aromatic heterocycles. The average Bonchev–Trinajstić information content (AvgIpc) is 3.77. The van der Waals surface area contributed by atoms with Crippen LogP contribution in [0, 0.1) is 6.92 Å². The fourth-order valence-corrected chi connectivity index (χ4v) is 9.98. The Bertz CT molecular complexity index is 2650. The summed E-state index contributed by atoms with van der Waals surface area (Å²) in [6.07, 6.45) is 0. The predicted molar refractivity (Wildman–Crippen MR) is 210 cm³/mol. The number of carboxylic acid groups (broad SMARTS) is 1. The van der Waals surface area contributed by atoms with E-state index < -0.39 is 56.3 Å². The molecule has 1 saturated heterocycles. The number of carbonyl (C=O) groups is 3. The van der Waals surface area contributed by atoms with Crippen molar-refractivity contribution in [1.82, 2.24) is 34.8 Å². The number of benzene rings is 2. The monoisotopic (exact) mass is 878 g/mol. The minimum Gasteiger partial charge on any atom is -0.504 e. The molecule has 2 amide bonds. The molecule has 0 spiro atoms. The van der Waals surface area contributed by atoms with Crippen LogP contribution in [0.2, 0.25) is 0 Å². The number of aryl methyl sites for hydroxylation is 1. The van der Waals surface area contributed by atoms with Crippen LogP contribution in [0.25, 0.3) is 5.78 Å². The summed E-state index contributed by atoms with van der Waals surface area (Å²) in [5.74, 6) is -5.06. The van der Waals surface area contributed by atoms with Crippen molar-refractivity contribution in [3.8, 4) is 23.0 Å². The number of anilines is 1. The number of hydrogen-bond acceptors (Lipinski definition) is 19. The fraction of sp³-hybridized carbons (Fsp3) is 0.212. The van der Waals surface area contributed by atoms with Crippen molar-refractivity contribution < 1.29 is 53.2 Å². The molecule has 297 valence electrons. The number of amides is 2. The van der Waals surface area contributed by atoms with Gasteiger partial charge in [0.25, 0.3) is 17.6 Å². The molecule has 5 aromatic rings. The number of carboxylic acids is 1. The number of aromatic hydroxyl groups is 4. The number of aliphatic carboxylic acids is 1. The third kappa shape index (κ3) is 8.67. The van der Waals surface area contributed by atoms with Crippen LogP contribution in [0.4, 0.5) is 5.13 Å². The fourth-order valence-electron chi connectivity index (χ4n) is 5.71. The number of nitrogen functional groups attached to an aromatic ring is 1. The number of fused-ring (bicyclic) bond motifs is 2. The number of oxime groups is 1. The number of rotatable bonds is 13. The van der Waals surface area contributed by atoms with Gasteiger partial charge in [0.2, 0.25) is 0 Å². The zero-order valence-electron chi connectivity index (χ0n) is 30.1. The van der Waals surface area contributed by atoms with Crippen molar-refractivity contribution in [2.75, 3.05) is 17.2 Å². The van der Waals surface area contributed by atoms with Crippen LogP contribution in [-0.4, -0.2) is 139 Å². The van der Waals surface area contributed by atoms with Gasteiger partial charge in [-0.3, -0.25) is 14.5 Å². The number of phenols is 4. The quantitative estimate of drug-likeness (QED) is 0.0167. The molecular weight excluding hydrogens is 850 g/mol. The van der Waals surface area contributed by atoms with Crippen LogP contribution in [-0.2, 0) is 41.4 Å². The van der Waals surface area contributed by atoms with Gasteiger partial charge in [-0.15, -0.1) is 40.0 Å². The van der Waals surface area contributed by atoms with Crippen LogP contribution >= 0.6 is 34.9 Å². The van der Waals surface area contributed by atoms with Gasteiger partial charge >= 0.3 is 5.97 Å². The molecule has 1 radical (unpaired) electrons. The number of sulfone groups is 1. The molecule has 2 aromatic carbocycles. The van der Waals surface area contributed by atoms with Crippen molar-refractivity contribution in [3.63, 3.8) is 0 Å². The van der Waals surface area contributed by atoms with E-state index in [2.05, 4.69) is 30.5 Å². The Labute approximate surface area is 362 Å². The number of hydrogen-bond donors (Lipinski definition) is 7. The van der Waals surface area contributed by atoms with Gasteiger partial charge in [0, 0.05) is 58.2 Å². The Morgan fingerprint density at radius 3 is 2.45 bits per heavy atom. The number of aromatic nitrogens is 5. The number of nitrogens with two attached hydrogens (primary N) is 1. The van der Waals surface area contributed by atoms with Gasteiger partial charge < -0.3 is 41.4 Å². The van der Waals surface area contributed by atoms with E-state index >= 15 is 0 Å². The zero-order valence-corrected chi connectivity index (χ0v) is 35.4. The second kappa shape index (κ2) is 17.0. The number of phenolic OH excluding ortho intramolecular Hbond substituents is 4. The molecule has 25 heteroatoms. The first-order chi connectivity index (χ1) is 27.1. The van der Waals surface area contributed by atoms with Crippen LogP contribution < -0.4 is 11.1 Å². The molecule has 2 aliphatic rings. The van der Waals surface area contributed by atoms with E-state index in [9.17, 15) is 48.3 Å². The summed E-state index contributed by atoms with van der Waals surface area (Å²) in [6.45, 7) is 1.49. The van der Waals surface area contributed by atoms with Crippen molar-refractivity contribution in [2.24, 2.45) is 5.16 Å². The summed E-state index contributed by atoms with van der Waals surface area (Å²) in [4.78, 5) is 58.5. The Hall–Kier alpha value is -5.11. The maximum atomic E-state index is 13.5. The molecule has 7 rings (SSSR count). The summed E-state index contributed by atoms with van der Waals surface area (Å²) in [5.41, 5.74) is 6.63. The maximum absolute atomic E-state index is 13.5. The average molecular weight is 879 g/mol. The normalized spacial score (nSPS) is 16.7. The molecule has 58 heavy (non-hydrogen) atoms. The second-order valence-electron chi connectivity index (χ2n) is 12.4. The van der Waals surface area contributed by atoms with E-state index in [1.165, 1.54) is 51.6 Å². The Balaban J connectivity index is 0.00000567. The van der Waals surface area contributed by atoms with E-state index in [0.717, 1.165) is 34.4 Å². The van der Waals surface area contributed by atoms with Crippen LogP contribution in [0.3, 0.4) is 0 Å². The third-order valence-electron chi connectivity index (χ3n) is 8.41. The zero-order chi connectivity index (χ0) is 40.8. The smallest absolute Gasteiger partial charge is 0.352 e. The van der Waals surface area contributed by atoms with Gasteiger partial charge in [0.1, 0.15) is 40.2 Å². The molecule has 2 aliphatic heterocycles. The summed E-state index contributed by atoms with van der Waals surface area (Å²) >= 11 is 3.44. The molecule has 2 atom stereocenters. The second-order valence-corrected chi connectivity index (χ2v) is 17.4. The molecule has 0 unspecified atom stereocenters. The van der Waals surface area contributed by atoms with Gasteiger partial charge in [-0.25, -0.2) is 23.2 Å². The van der Waals surface area contributed by atoms with Gasteiger partial charge in [0.15, 0.2) is 49.5 Å². The molecule has 5 heterocycles. The van der Waals surface area contributed by atoms with Crippen molar-refractivity contribution in [1.29, 1.82) is 0 Å². The first-order valence-corrected chi connectivity index (χ1v) is 20.9. The number of thioether (sulfide) groups is 2. The minimum absolute atomic E-state index is 0. The molecule has 1 fully saturated rings. The number of thiazole rings is 1. The molecule has 8 N–H and O–H groups in total. The largest absolute Gasteiger partial charge is 0.504 e. The topological polar surface area (TPSA) is 305 Å². The van der Waals surface area contributed by atoms with E-state index in [-0.39, 0.29) is 97.9 Å². The van der Waals surface area contributed by atoms with Gasteiger partial charge in [-0.05, 0) is 48.4 Å². The van der Waals surface area contributed by atoms with Crippen LogP contribution in [0.1, 0.15) is 22.8 Å². The molecular formula is C33H29N9NaO11S4. The maximum Gasteiger partial charge on any atom is 0.352 e. The Morgan fingerprint density at radius 2 is 1.78 bits per heavy atom. The summed E-state index contributed by atoms with van der Waals surface area (Å²) in [5, 5.41) is 61.1. The molecule has 0 bridgehead atoms. The molecule has 0 aliphatic carbocycles. The SMILES string of the molecule is Cc1cc(SCC2=C(C(=O)O)N3C(=O)[C@@H](NC(=O)C(=NOCc4ccc(O)c(O)c4)c4csc(N)n4)[C@H]3SC2)n2nc(CS(=O)(=O)c3ccc(O)c(O)c3)nc2n1.[Na]. The van der Waals surface area contributed by atoms with Gasteiger partial charge in [-0.2, -0.15) is 9.50 Å². The van der Waals surface area contributed by atoms with E-state index in [1.54, 1.807) is 13.0 Å². The van der Waals surface area contributed by atoms with Crippen LogP contribution in [0.5, 0.6) is 23.0 Å².